The summed E-state index contributed by atoms with van der Waals surface area (Å²) in [5, 5.41) is 10.4. The molecule has 1 aliphatic rings. The Bertz CT molecular complexity index is 922. The number of anilines is 1. The molecule has 0 saturated carbocycles. The van der Waals surface area contributed by atoms with Crippen molar-refractivity contribution in [3.05, 3.63) is 52.4 Å². The van der Waals surface area contributed by atoms with Gasteiger partial charge < -0.3 is 20.8 Å². The maximum Gasteiger partial charge on any atom is 0.257 e. The number of nitrogens with zero attached hydrogens (tertiary/aromatic N) is 1. The molecule has 1 aliphatic heterocycles. The fraction of sp³-hybridized carbons (Fsp3) is 0.235. The largest absolute Gasteiger partial charge is 0.398 e. The predicted molar refractivity (Wildman–Crippen MR) is 90.1 cm³/mol. The Morgan fingerprint density at radius 1 is 1.26 bits per heavy atom. The molecule has 0 amide bonds. The molecule has 23 heavy (non-hydrogen) atoms. The van der Waals surface area contributed by atoms with Crippen LogP contribution in [0.2, 0.25) is 0 Å². The van der Waals surface area contributed by atoms with Gasteiger partial charge >= 0.3 is 0 Å². The van der Waals surface area contributed by atoms with Gasteiger partial charge in [0.1, 0.15) is 0 Å². The number of aliphatic hydroxyl groups excluding tert-OH is 1. The van der Waals surface area contributed by atoms with Crippen LogP contribution in [0.1, 0.15) is 5.56 Å². The summed E-state index contributed by atoms with van der Waals surface area (Å²) in [7, 11) is 0. The van der Waals surface area contributed by atoms with E-state index in [1.807, 2.05) is 12.1 Å². The van der Waals surface area contributed by atoms with Crippen LogP contribution in [0.4, 0.5) is 5.69 Å². The quantitative estimate of drug-likeness (QED) is 0.586. The van der Waals surface area contributed by atoms with E-state index in [-0.39, 0.29) is 11.7 Å². The summed E-state index contributed by atoms with van der Waals surface area (Å²) in [6.07, 6.45) is 1.31. The van der Waals surface area contributed by atoms with E-state index in [0.29, 0.717) is 11.3 Å². The number of hydrogen-bond acceptors (Lipinski definition) is 4. The number of H-pyrrole nitrogens is 2. The van der Waals surface area contributed by atoms with Gasteiger partial charge in [-0.3, -0.25) is 9.69 Å². The second kappa shape index (κ2) is 5.26. The minimum absolute atomic E-state index is 0.166. The molecule has 4 rings (SSSR count). The smallest absolute Gasteiger partial charge is 0.257 e. The zero-order valence-electron chi connectivity index (χ0n) is 12.5. The van der Waals surface area contributed by atoms with Gasteiger partial charge in [-0.1, -0.05) is 6.07 Å². The van der Waals surface area contributed by atoms with E-state index in [9.17, 15) is 9.90 Å². The van der Waals surface area contributed by atoms with Crippen LogP contribution >= 0.6 is 0 Å². The maximum atomic E-state index is 12.0. The van der Waals surface area contributed by atoms with Crippen molar-refractivity contribution in [2.75, 3.05) is 18.8 Å². The number of hydrogen-bond donors (Lipinski definition) is 4. The van der Waals surface area contributed by atoms with Crippen molar-refractivity contribution in [1.29, 1.82) is 0 Å². The maximum absolute atomic E-state index is 12.0. The summed E-state index contributed by atoms with van der Waals surface area (Å²) in [5.74, 6) is 0. The fourth-order valence-electron chi connectivity index (χ4n) is 3.06. The average Bonchev–Trinajstić information content (AvgIpc) is 2.91. The van der Waals surface area contributed by atoms with E-state index < -0.39 is 0 Å². The van der Waals surface area contributed by atoms with Gasteiger partial charge in [-0.05, 0) is 29.8 Å². The predicted octanol–water partition coefficient (Wildman–Crippen LogP) is 1.28. The molecule has 0 bridgehead atoms. The van der Waals surface area contributed by atoms with Crippen molar-refractivity contribution in [3.8, 4) is 11.3 Å². The molecular weight excluding hydrogens is 292 g/mol. The minimum atomic E-state index is -0.187. The number of fused-ring (bicyclic) bond motifs is 1. The van der Waals surface area contributed by atoms with Crippen molar-refractivity contribution >= 4 is 16.6 Å². The topological polar surface area (TPSA) is 98.1 Å². The van der Waals surface area contributed by atoms with Gasteiger partial charge in [0.05, 0.1) is 17.4 Å². The molecule has 0 radical (unpaired) electrons. The van der Waals surface area contributed by atoms with E-state index in [4.69, 9.17) is 5.73 Å². The van der Waals surface area contributed by atoms with Gasteiger partial charge in [-0.15, -0.1) is 0 Å². The van der Waals surface area contributed by atoms with E-state index in [0.717, 1.165) is 36.2 Å². The lowest BCUT2D eigenvalue weighted by atomic mass is 10.1. The van der Waals surface area contributed by atoms with Gasteiger partial charge in [0.2, 0.25) is 0 Å². The Morgan fingerprint density at radius 2 is 2.09 bits per heavy atom. The van der Waals surface area contributed by atoms with E-state index in [1.54, 1.807) is 6.07 Å². The Kier molecular flexibility index (Phi) is 3.21. The lowest BCUT2D eigenvalue weighted by Crippen LogP contribution is -2.49. The first-order chi connectivity index (χ1) is 11.1. The highest BCUT2D eigenvalue weighted by Crippen LogP contribution is 2.24. The first-order valence-corrected chi connectivity index (χ1v) is 7.59. The summed E-state index contributed by atoms with van der Waals surface area (Å²) in [6.45, 7) is 2.29. The van der Waals surface area contributed by atoms with Crippen LogP contribution in [-0.4, -0.2) is 39.2 Å². The molecule has 0 unspecified atom stereocenters. The van der Waals surface area contributed by atoms with Gasteiger partial charge in [-0.25, -0.2) is 0 Å². The molecular formula is C17H18N4O2. The van der Waals surface area contributed by atoms with E-state index in [1.165, 1.54) is 11.8 Å². The Labute approximate surface area is 132 Å². The number of aromatic nitrogens is 2. The number of nitrogens with two attached hydrogens (primary N) is 1. The standard InChI is InChI=1S/C17H18N4O2/c18-12-5-14(17(23)19-6-12)16-4-11-3-10(1-2-15(11)20-16)7-21-8-13(22)9-21/h1-6,13,20,22H,7-9,18H2,(H,19,23). The fourth-order valence-corrected chi connectivity index (χ4v) is 3.06. The van der Waals surface area contributed by atoms with Crippen molar-refractivity contribution in [3.63, 3.8) is 0 Å². The number of benzene rings is 1. The van der Waals surface area contributed by atoms with Crippen LogP contribution < -0.4 is 11.3 Å². The molecule has 5 N–H and O–H groups in total. The second-order valence-electron chi connectivity index (χ2n) is 6.13. The molecule has 6 heteroatoms. The number of nitrogen functional groups attached to an aromatic ring is 1. The number of β-amino-alcohol motifs (C(OH)–C–C–N with tert-alkyl or cyclic N) is 1. The normalized spacial score (nSPS) is 15.9. The lowest BCUT2D eigenvalue weighted by molar-refractivity contribution is -0.00284. The SMILES string of the molecule is Nc1c[nH]c(=O)c(-c2cc3cc(CN4CC(O)C4)ccc3[nH]2)c1. The van der Waals surface area contributed by atoms with Crippen LogP contribution in [-0.2, 0) is 6.54 Å². The molecule has 1 fully saturated rings. The highest BCUT2D eigenvalue weighted by Gasteiger charge is 2.23. The van der Waals surface area contributed by atoms with Crippen molar-refractivity contribution < 1.29 is 5.11 Å². The Balaban J connectivity index is 1.67. The number of rotatable bonds is 3. The minimum Gasteiger partial charge on any atom is -0.398 e. The van der Waals surface area contributed by atoms with E-state index >= 15 is 0 Å². The highest BCUT2D eigenvalue weighted by atomic mass is 16.3. The highest BCUT2D eigenvalue weighted by molar-refractivity contribution is 5.86. The van der Waals surface area contributed by atoms with Crippen LogP contribution in [0.25, 0.3) is 22.2 Å². The summed E-state index contributed by atoms with van der Waals surface area (Å²) >= 11 is 0. The molecule has 1 aromatic carbocycles. The zero-order chi connectivity index (χ0) is 16.0. The number of aromatic amines is 2. The molecule has 1 saturated heterocycles. The van der Waals surface area contributed by atoms with Crippen LogP contribution in [0.5, 0.6) is 0 Å². The zero-order valence-corrected chi connectivity index (χ0v) is 12.5. The summed E-state index contributed by atoms with van der Waals surface area (Å²) in [6, 6.07) is 9.84. The molecule has 6 nitrogen and oxygen atoms in total. The Hall–Kier alpha value is -2.57. The summed E-state index contributed by atoms with van der Waals surface area (Å²) < 4.78 is 0. The number of nitrogens with one attached hydrogen (secondary N) is 2. The van der Waals surface area contributed by atoms with Crippen molar-refractivity contribution in [2.24, 2.45) is 0 Å². The molecule has 0 spiro atoms. The number of aliphatic hydroxyl groups is 1. The first-order valence-electron chi connectivity index (χ1n) is 7.59. The van der Waals surface area contributed by atoms with Crippen LogP contribution in [0, 0.1) is 0 Å². The molecule has 3 heterocycles. The molecule has 0 atom stereocenters. The first kappa shape index (κ1) is 14.0. The summed E-state index contributed by atoms with van der Waals surface area (Å²) in [5.41, 5.74) is 9.58. The van der Waals surface area contributed by atoms with Crippen molar-refractivity contribution in [2.45, 2.75) is 12.6 Å². The molecule has 2 aromatic heterocycles. The third-order valence-corrected chi connectivity index (χ3v) is 4.24. The monoisotopic (exact) mass is 310 g/mol. The van der Waals surface area contributed by atoms with Crippen LogP contribution in [0.15, 0.2) is 41.3 Å². The molecule has 0 aliphatic carbocycles. The number of pyridine rings is 1. The Morgan fingerprint density at radius 3 is 2.87 bits per heavy atom. The van der Waals surface area contributed by atoms with Crippen LogP contribution in [0.3, 0.4) is 0 Å². The second-order valence-corrected chi connectivity index (χ2v) is 6.13. The average molecular weight is 310 g/mol. The van der Waals surface area contributed by atoms with Gasteiger partial charge in [0.25, 0.3) is 5.56 Å². The van der Waals surface area contributed by atoms with Crippen molar-refractivity contribution in [1.82, 2.24) is 14.9 Å². The lowest BCUT2D eigenvalue weighted by Gasteiger charge is -2.35. The molecule has 118 valence electrons. The van der Waals surface area contributed by atoms with Gasteiger partial charge in [0, 0.05) is 42.4 Å². The van der Waals surface area contributed by atoms with Gasteiger partial charge in [0.15, 0.2) is 0 Å². The number of likely N-dealkylation sites (tertiary alicyclic amines) is 1. The third-order valence-electron chi connectivity index (χ3n) is 4.24. The molecule has 3 aromatic rings. The third kappa shape index (κ3) is 2.62. The van der Waals surface area contributed by atoms with E-state index in [2.05, 4.69) is 27.0 Å². The van der Waals surface area contributed by atoms with Gasteiger partial charge in [-0.2, -0.15) is 0 Å². The summed E-state index contributed by atoms with van der Waals surface area (Å²) in [4.78, 5) is 20.1.